The highest BCUT2D eigenvalue weighted by Gasteiger charge is 2.11. The first-order chi connectivity index (χ1) is 13.5. The van der Waals surface area contributed by atoms with Gasteiger partial charge in [-0.3, -0.25) is 10.2 Å². The number of esters is 1. The van der Waals surface area contributed by atoms with Crippen LogP contribution in [-0.4, -0.2) is 23.6 Å². The summed E-state index contributed by atoms with van der Waals surface area (Å²) in [5.74, 6) is 4.22. The molecule has 28 heavy (non-hydrogen) atoms. The van der Waals surface area contributed by atoms with Gasteiger partial charge in [0, 0.05) is 5.56 Å². The summed E-state index contributed by atoms with van der Waals surface area (Å²) in [5, 5.41) is 11.1. The van der Waals surface area contributed by atoms with Gasteiger partial charge in [0.05, 0.1) is 10.6 Å². The van der Waals surface area contributed by atoms with Crippen LogP contribution in [0.1, 0.15) is 26.3 Å². The zero-order chi connectivity index (χ0) is 20.1. The number of benzene rings is 3. The van der Waals surface area contributed by atoms with E-state index >= 15 is 0 Å². The van der Waals surface area contributed by atoms with E-state index in [2.05, 4.69) is 5.43 Å². The highest BCUT2D eigenvalue weighted by atomic mass is 35.5. The Hall–Kier alpha value is -3.35. The van der Waals surface area contributed by atoms with Crippen LogP contribution < -0.4 is 11.3 Å². The number of carbonyl (C=O) groups excluding carboxylic acids is 2. The first-order valence-electron chi connectivity index (χ1n) is 8.36. The summed E-state index contributed by atoms with van der Waals surface area (Å²) in [6.07, 6.45) is 3.51. The average Bonchev–Trinajstić information content (AvgIpc) is 2.72. The van der Waals surface area contributed by atoms with Crippen molar-refractivity contribution in [2.24, 2.45) is 5.84 Å². The minimum atomic E-state index is -0.550. The number of nitrogens with one attached hydrogen (secondary N) is 1. The minimum absolute atomic E-state index is 0.0523. The number of hydrogen-bond donors (Lipinski definition) is 3. The third-order valence-corrected chi connectivity index (χ3v) is 4.43. The van der Waals surface area contributed by atoms with Crippen LogP contribution in [0.15, 0.2) is 60.7 Å². The number of nitrogen functional groups attached to an aromatic ring is 1. The van der Waals surface area contributed by atoms with Gasteiger partial charge >= 0.3 is 5.97 Å². The maximum atomic E-state index is 12.0. The lowest BCUT2D eigenvalue weighted by atomic mass is 9.99. The van der Waals surface area contributed by atoms with Crippen molar-refractivity contribution in [3.05, 3.63) is 82.4 Å². The number of carbonyl (C=O) groups is 2. The number of phenolic OH excluding ortho intramolecular Hbond substituents is 1. The second-order valence-electron chi connectivity index (χ2n) is 5.89. The first-order valence-corrected chi connectivity index (χ1v) is 8.74. The molecular formula is C21H17ClN2O4. The Morgan fingerprint density at radius 1 is 1.11 bits per heavy atom. The van der Waals surface area contributed by atoms with Gasteiger partial charge in [0.1, 0.15) is 12.4 Å². The molecule has 1 amide bonds. The van der Waals surface area contributed by atoms with Crippen LogP contribution in [0.3, 0.4) is 0 Å². The van der Waals surface area contributed by atoms with Gasteiger partial charge in [0.25, 0.3) is 5.91 Å². The number of halogens is 1. The van der Waals surface area contributed by atoms with Crippen molar-refractivity contribution in [1.29, 1.82) is 0 Å². The van der Waals surface area contributed by atoms with Crippen LogP contribution in [0.2, 0.25) is 5.02 Å². The van der Waals surface area contributed by atoms with E-state index in [0.717, 1.165) is 16.3 Å². The van der Waals surface area contributed by atoms with Gasteiger partial charge < -0.3 is 9.84 Å². The summed E-state index contributed by atoms with van der Waals surface area (Å²) in [6, 6.07) is 15.0. The largest absolute Gasteiger partial charge is 0.506 e. The molecule has 6 nitrogen and oxygen atoms in total. The lowest BCUT2D eigenvalue weighted by Gasteiger charge is -2.08. The number of ether oxygens (including phenoxy) is 1. The molecule has 0 fully saturated rings. The average molecular weight is 397 g/mol. The third kappa shape index (κ3) is 4.14. The molecule has 4 N–H and O–H groups in total. The van der Waals surface area contributed by atoms with Gasteiger partial charge in [-0.05, 0) is 46.7 Å². The molecule has 0 spiro atoms. The number of hydrazine groups is 1. The van der Waals surface area contributed by atoms with Gasteiger partial charge in [-0.2, -0.15) is 0 Å². The van der Waals surface area contributed by atoms with Crippen LogP contribution in [0.25, 0.3) is 16.8 Å². The number of amides is 1. The SMILES string of the molecule is NNC(=O)c1ccc(C=CCOC(=O)c2ccc(O)c(Cl)c2)c2ccccc12. The second-order valence-corrected chi connectivity index (χ2v) is 6.30. The van der Waals surface area contributed by atoms with Gasteiger partial charge in [-0.15, -0.1) is 0 Å². The smallest absolute Gasteiger partial charge is 0.338 e. The highest BCUT2D eigenvalue weighted by Crippen LogP contribution is 2.25. The van der Waals surface area contributed by atoms with Crippen LogP contribution in [0.4, 0.5) is 0 Å². The zero-order valence-corrected chi connectivity index (χ0v) is 15.4. The normalized spacial score (nSPS) is 10.9. The summed E-state index contributed by atoms with van der Waals surface area (Å²) in [6.45, 7) is 0.0523. The summed E-state index contributed by atoms with van der Waals surface area (Å²) >= 11 is 5.79. The summed E-state index contributed by atoms with van der Waals surface area (Å²) in [5.41, 5.74) is 3.74. The first kappa shape index (κ1) is 19.4. The number of rotatable bonds is 5. The Labute approximate surface area is 166 Å². The predicted molar refractivity (Wildman–Crippen MR) is 108 cm³/mol. The molecule has 0 bridgehead atoms. The Morgan fingerprint density at radius 3 is 2.57 bits per heavy atom. The van der Waals surface area contributed by atoms with E-state index in [-0.39, 0.29) is 28.8 Å². The van der Waals surface area contributed by atoms with Crippen molar-refractivity contribution in [3.8, 4) is 5.75 Å². The van der Waals surface area contributed by atoms with Gasteiger partial charge in [-0.25, -0.2) is 10.6 Å². The summed E-state index contributed by atoms with van der Waals surface area (Å²) in [7, 11) is 0. The van der Waals surface area contributed by atoms with Crippen LogP contribution >= 0.6 is 11.6 Å². The molecule has 0 radical (unpaired) electrons. The molecule has 0 aliphatic rings. The van der Waals surface area contributed by atoms with E-state index in [9.17, 15) is 14.7 Å². The van der Waals surface area contributed by atoms with Crippen molar-refractivity contribution >= 4 is 40.3 Å². The van der Waals surface area contributed by atoms with E-state index in [1.807, 2.05) is 30.3 Å². The van der Waals surface area contributed by atoms with E-state index < -0.39 is 5.97 Å². The molecule has 3 aromatic rings. The predicted octanol–water partition coefficient (Wildman–Crippen LogP) is 3.67. The Bertz CT molecular complexity index is 1080. The van der Waals surface area contributed by atoms with E-state index in [0.29, 0.717) is 5.56 Å². The van der Waals surface area contributed by atoms with Crippen LogP contribution in [0.5, 0.6) is 5.75 Å². The lowest BCUT2D eigenvalue weighted by Crippen LogP contribution is -2.30. The van der Waals surface area contributed by atoms with E-state index in [1.165, 1.54) is 18.2 Å². The molecule has 0 aliphatic carbocycles. The standard InChI is InChI=1S/C21H17ClN2O4/c22-18-12-14(8-10-19(18)25)21(27)28-11-3-4-13-7-9-17(20(26)24-23)16-6-2-1-5-15(13)16/h1-10,12,25H,11,23H2,(H,24,26). The fraction of sp³-hybridized carbons (Fsp3) is 0.0476. The van der Waals surface area contributed by atoms with E-state index in [4.69, 9.17) is 22.2 Å². The quantitative estimate of drug-likeness (QED) is 0.264. The monoisotopic (exact) mass is 396 g/mol. The molecule has 7 heteroatoms. The number of phenols is 1. The van der Waals surface area contributed by atoms with Crippen LogP contribution in [0, 0.1) is 0 Å². The minimum Gasteiger partial charge on any atom is -0.506 e. The fourth-order valence-corrected chi connectivity index (χ4v) is 2.94. The topological polar surface area (TPSA) is 102 Å². The molecule has 0 aliphatic heterocycles. The molecule has 0 aromatic heterocycles. The highest BCUT2D eigenvalue weighted by molar-refractivity contribution is 6.32. The molecule has 0 saturated carbocycles. The third-order valence-electron chi connectivity index (χ3n) is 4.12. The van der Waals surface area contributed by atoms with Gasteiger partial charge in [0.15, 0.2) is 0 Å². The molecule has 142 valence electrons. The maximum Gasteiger partial charge on any atom is 0.338 e. The molecule has 0 heterocycles. The summed E-state index contributed by atoms with van der Waals surface area (Å²) in [4.78, 5) is 23.9. The van der Waals surface area contributed by atoms with Crippen molar-refractivity contribution in [1.82, 2.24) is 5.43 Å². The molecular weight excluding hydrogens is 380 g/mol. The number of hydrogen-bond acceptors (Lipinski definition) is 5. The molecule has 0 atom stereocenters. The van der Waals surface area contributed by atoms with Crippen molar-refractivity contribution < 1.29 is 19.4 Å². The Kier molecular flexibility index (Phi) is 5.93. The Morgan fingerprint density at radius 2 is 1.86 bits per heavy atom. The molecule has 3 rings (SSSR count). The van der Waals surface area contributed by atoms with Gasteiger partial charge in [0.2, 0.25) is 0 Å². The van der Waals surface area contributed by atoms with Crippen molar-refractivity contribution in [2.45, 2.75) is 0 Å². The molecule has 0 saturated heterocycles. The van der Waals surface area contributed by atoms with Crippen molar-refractivity contribution in [2.75, 3.05) is 6.61 Å². The van der Waals surface area contributed by atoms with Gasteiger partial charge in [-0.1, -0.05) is 48.0 Å². The second kappa shape index (κ2) is 8.56. The maximum absolute atomic E-state index is 12.0. The zero-order valence-electron chi connectivity index (χ0n) is 14.7. The number of fused-ring (bicyclic) bond motifs is 1. The molecule has 0 unspecified atom stereocenters. The van der Waals surface area contributed by atoms with Crippen molar-refractivity contribution in [3.63, 3.8) is 0 Å². The van der Waals surface area contributed by atoms with Crippen LogP contribution in [-0.2, 0) is 4.74 Å². The van der Waals surface area contributed by atoms with E-state index in [1.54, 1.807) is 18.2 Å². The number of nitrogens with two attached hydrogens (primary N) is 1. The Balaban J connectivity index is 1.74. The lowest BCUT2D eigenvalue weighted by molar-refractivity contribution is 0.0550. The fourth-order valence-electron chi connectivity index (χ4n) is 2.76. The summed E-state index contributed by atoms with van der Waals surface area (Å²) < 4.78 is 5.19. The number of aromatic hydroxyl groups is 1. The molecule has 3 aromatic carbocycles.